The highest BCUT2D eigenvalue weighted by atomic mass is 16.5. The van der Waals surface area contributed by atoms with Crippen LogP contribution in [0.2, 0.25) is 0 Å². The van der Waals surface area contributed by atoms with Crippen LogP contribution in [0.5, 0.6) is 5.75 Å². The lowest BCUT2D eigenvalue weighted by molar-refractivity contribution is -0.0339. The second-order valence-electron chi connectivity index (χ2n) is 5.47. The Balaban J connectivity index is 2.09. The molecule has 4 nitrogen and oxygen atoms in total. The fourth-order valence-electron chi connectivity index (χ4n) is 2.71. The second kappa shape index (κ2) is 6.75. The number of hydrogen-bond acceptors (Lipinski definition) is 4. The van der Waals surface area contributed by atoms with Crippen molar-refractivity contribution in [3.8, 4) is 5.75 Å². The van der Waals surface area contributed by atoms with Gasteiger partial charge in [0.25, 0.3) is 0 Å². The van der Waals surface area contributed by atoms with Crippen molar-refractivity contribution in [2.45, 2.75) is 51.0 Å². The Hall–Kier alpha value is -1.55. The fraction of sp³-hybridized carbons (Fsp3) is 0.562. The number of benzene rings is 1. The van der Waals surface area contributed by atoms with Crippen molar-refractivity contribution < 1.29 is 15.1 Å². The van der Waals surface area contributed by atoms with Gasteiger partial charge in [-0.1, -0.05) is 43.5 Å². The summed E-state index contributed by atoms with van der Waals surface area (Å²) in [6.07, 6.45) is 5.52. The standard InChI is InChI=1S/C16H23NO3/c1-2-14(17-19)13-8-4-5-9-15(13)20-12-16(18)10-6-3-7-11-16/h4-5,8-9,18-19H,2-3,6-7,10-12H2,1H3. The summed E-state index contributed by atoms with van der Waals surface area (Å²) >= 11 is 0. The molecule has 1 fully saturated rings. The molecule has 0 atom stereocenters. The summed E-state index contributed by atoms with van der Waals surface area (Å²) in [5, 5.41) is 22.9. The zero-order chi connectivity index (χ0) is 14.4. The first-order chi connectivity index (χ1) is 9.68. The minimum Gasteiger partial charge on any atom is -0.490 e. The van der Waals surface area contributed by atoms with E-state index in [1.165, 1.54) is 6.42 Å². The van der Waals surface area contributed by atoms with Crippen LogP contribution in [0.15, 0.2) is 29.4 Å². The van der Waals surface area contributed by atoms with E-state index in [9.17, 15) is 5.11 Å². The topological polar surface area (TPSA) is 62.1 Å². The van der Waals surface area contributed by atoms with Gasteiger partial charge >= 0.3 is 0 Å². The van der Waals surface area contributed by atoms with Crippen molar-refractivity contribution in [1.29, 1.82) is 0 Å². The van der Waals surface area contributed by atoms with Crippen LogP contribution in [0.1, 0.15) is 51.0 Å². The maximum absolute atomic E-state index is 10.5. The number of oxime groups is 1. The first-order valence-electron chi connectivity index (χ1n) is 7.34. The van der Waals surface area contributed by atoms with Crippen LogP contribution in [-0.2, 0) is 0 Å². The fourth-order valence-corrected chi connectivity index (χ4v) is 2.71. The summed E-state index contributed by atoms with van der Waals surface area (Å²) in [5.41, 5.74) is 0.668. The molecule has 1 aromatic carbocycles. The Morgan fingerprint density at radius 1 is 1.25 bits per heavy atom. The number of ether oxygens (including phenoxy) is 1. The van der Waals surface area contributed by atoms with E-state index in [0.717, 1.165) is 31.2 Å². The maximum Gasteiger partial charge on any atom is 0.128 e. The van der Waals surface area contributed by atoms with Crippen LogP contribution in [0.4, 0.5) is 0 Å². The first-order valence-corrected chi connectivity index (χ1v) is 7.34. The smallest absolute Gasteiger partial charge is 0.128 e. The molecule has 1 aliphatic carbocycles. The molecule has 1 aliphatic rings. The molecule has 0 amide bonds. The van der Waals surface area contributed by atoms with Crippen LogP contribution in [0.3, 0.4) is 0 Å². The van der Waals surface area contributed by atoms with Gasteiger partial charge in [-0.15, -0.1) is 0 Å². The lowest BCUT2D eigenvalue weighted by Gasteiger charge is -2.32. The summed E-state index contributed by atoms with van der Waals surface area (Å²) in [6.45, 7) is 2.23. The van der Waals surface area contributed by atoms with E-state index in [-0.39, 0.29) is 0 Å². The second-order valence-corrected chi connectivity index (χ2v) is 5.47. The molecule has 1 saturated carbocycles. The number of nitrogens with zero attached hydrogens (tertiary/aromatic N) is 1. The third kappa shape index (κ3) is 3.51. The predicted octanol–water partition coefficient (Wildman–Crippen LogP) is 3.35. The molecule has 0 aromatic heterocycles. The van der Waals surface area contributed by atoms with E-state index in [2.05, 4.69) is 5.16 Å². The molecular weight excluding hydrogens is 254 g/mol. The Morgan fingerprint density at radius 2 is 1.95 bits per heavy atom. The molecule has 110 valence electrons. The van der Waals surface area contributed by atoms with Gasteiger partial charge in [0.05, 0.1) is 11.3 Å². The van der Waals surface area contributed by atoms with Crippen LogP contribution in [-0.4, -0.2) is 28.2 Å². The van der Waals surface area contributed by atoms with Gasteiger partial charge in [0.15, 0.2) is 0 Å². The number of rotatable bonds is 5. The molecule has 0 radical (unpaired) electrons. The summed E-state index contributed by atoms with van der Waals surface area (Å²) < 4.78 is 5.82. The normalized spacial score (nSPS) is 18.8. The number of hydrogen-bond donors (Lipinski definition) is 2. The van der Waals surface area contributed by atoms with Crippen molar-refractivity contribution in [3.05, 3.63) is 29.8 Å². The average molecular weight is 277 g/mol. The molecule has 2 N–H and O–H groups in total. The molecular formula is C16H23NO3. The SMILES string of the molecule is CCC(=NO)c1ccccc1OCC1(O)CCCCC1. The van der Waals surface area contributed by atoms with Gasteiger partial charge in [-0.25, -0.2) is 0 Å². The molecule has 1 aromatic rings. The van der Waals surface area contributed by atoms with E-state index < -0.39 is 5.60 Å². The number of aliphatic hydroxyl groups is 1. The third-order valence-electron chi connectivity index (χ3n) is 3.93. The van der Waals surface area contributed by atoms with Gasteiger partial charge in [-0.2, -0.15) is 0 Å². The summed E-state index contributed by atoms with van der Waals surface area (Å²) in [6, 6.07) is 7.49. The Morgan fingerprint density at radius 3 is 2.60 bits per heavy atom. The lowest BCUT2D eigenvalue weighted by Crippen LogP contribution is -2.38. The number of para-hydroxylation sites is 1. The molecule has 0 heterocycles. The van der Waals surface area contributed by atoms with Crippen molar-refractivity contribution in [2.75, 3.05) is 6.61 Å². The minimum absolute atomic E-state index is 0.298. The van der Waals surface area contributed by atoms with Gasteiger partial charge < -0.3 is 15.1 Å². The molecule has 0 spiro atoms. The molecule has 0 saturated heterocycles. The zero-order valence-electron chi connectivity index (χ0n) is 12.0. The van der Waals surface area contributed by atoms with Crippen LogP contribution in [0.25, 0.3) is 0 Å². The Kier molecular flexibility index (Phi) is 5.01. The largest absolute Gasteiger partial charge is 0.490 e. The zero-order valence-corrected chi connectivity index (χ0v) is 12.0. The Bertz CT molecular complexity index is 465. The van der Waals surface area contributed by atoms with E-state index in [4.69, 9.17) is 9.94 Å². The van der Waals surface area contributed by atoms with Gasteiger partial charge in [-0.3, -0.25) is 0 Å². The van der Waals surface area contributed by atoms with E-state index >= 15 is 0 Å². The summed E-state index contributed by atoms with van der Waals surface area (Å²) in [4.78, 5) is 0. The van der Waals surface area contributed by atoms with Crippen molar-refractivity contribution >= 4 is 5.71 Å². The summed E-state index contributed by atoms with van der Waals surface area (Å²) in [7, 11) is 0. The molecule has 0 aliphatic heterocycles. The molecule has 2 rings (SSSR count). The monoisotopic (exact) mass is 277 g/mol. The Labute approximate surface area is 120 Å². The predicted molar refractivity (Wildman–Crippen MR) is 78.6 cm³/mol. The minimum atomic E-state index is -0.714. The van der Waals surface area contributed by atoms with Crippen molar-refractivity contribution in [3.63, 3.8) is 0 Å². The van der Waals surface area contributed by atoms with Gasteiger partial charge in [-0.05, 0) is 31.4 Å². The van der Waals surface area contributed by atoms with Crippen LogP contribution >= 0.6 is 0 Å². The highest BCUT2D eigenvalue weighted by molar-refractivity contribution is 6.02. The van der Waals surface area contributed by atoms with Crippen LogP contribution < -0.4 is 4.74 Å². The molecule has 0 unspecified atom stereocenters. The van der Waals surface area contributed by atoms with Gasteiger partial charge in [0, 0.05) is 5.56 Å². The quantitative estimate of drug-likeness (QED) is 0.493. The van der Waals surface area contributed by atoms with Gasteiger partial charge in [0.1, 0.15) is 12.4 Å². The van der Waals surface area contributed by atoms with Crippen molar-refractivity contribution in [2.24, 2.45) is 5.16 Å². The van der Waals surface area contributed by atoms with Gasteiger partial charge in [0.2, 0.25) is 0 Å². The summed E-state index contributed by atoms with van der Waals surface area (Å²) in [5.74, 6) is 0.668. The molecule has 20 heavy (non-hydrogen) atoms. The van der Waals surface area contributed by atoms with E-state index in [0.29, 0.717) is 24.5 Å². The van der Waals surface area contributed by atoms with E-state index in [1.54, 1.807) is 0 Å². The highest BCUT2D eigenvalue weighted by Gasteiger charge is 2.30. The average Bonchev–Trinajstić information content (AvgIpc) is 2.48. The first kappa shape index (κ1) is 14.9. The van der Waals surface area contributed by atoms with E-state index in [1.807, 2.05) is 31.2 Å². The van der Waals surface area contributed by atoms with Crippen molar-refractivity contribution in [1.82, 2.24) is 0 Å². The molecule has 4 heteroatoms. The molecule has 0 bridgehead atoms. The lowest BCUT2D eigenvalue weighted by atomic mass is 9.85. The van der Waals surface area contributed by atoms with Crippen LogP contribution in [0, 0.1) is 0 Å². The maximum atomic E-state index is 10.5. The third-order valence-corrected chi connectivity index (χ3v) is 3.93. The highest BCUT2D eigenvalue weighted by Crippen LogP contribution is 2.29.